The smallest absolute Gasteiger partial charge is 0.322 e. The predicted octanol–water partition coefficient (Wildman–Crippen LogP) is 5.09. The van der Waals surface area contributed by atoms with Gasteiger partial charge in [-0.3, -0.25) is 0 Å². The molecule has 1 unspecified atom stereocenters. The number of carbonyl (C=O) groups is 1. The van der Waals surface area contributed by atoms with E-state index in [1.807, 2.05) is 54.6 Å². The summed E-state index contributed by atoms with van der Waals surface area (Å²) in [6.45, 7) is 1.73. The van der Waals surface area contributed by atoms with E-state index in [4.69, 9.17) is 4.74 Å². The molecule has 0 radical (unpaired) electrons. The molecule has 0 saturated carbocycles. The molecule has 27 heavy (non-hydrogen) atoms. The first-order valence-electron chi connectivity index (χ1n) is 8.45. The zero-order valence-corrected chi connectivity index (χ0v) is 15.6. The number of urea groups is 1. The van der Waals surface area contributed by atoms with Gasteiger partial charge in [0.15, 0.2) is 6.23 Å². The van der Waals surface area contributed by atoms with Gasteiger partial charge in [0.25, 0.3) is 0 Å². The third kappa shape index (κ3) is 5.69. The van der Waals surface area contributed by atoms with Gasteiger partial charge in [0, 0.05) is 9.79 Å². The van der Waals surface area contributed by atoms with Crippen LogP contribution in [0.25, 0.3) is 0 Å². The van der Waals surface area contributed by atoms with Gasteiger partial charge in [0.1, 0.15) is 11.5 Å². The van der Waals surface area contributed by atoms with E-state index in [2.05, 4.69) is 10.6 Å². The maximum Gasteiger partial charge on any atom is 0.322 e. The number of anilines is 1. The van der Waals surface area contributed by atoms with Gasteiger partial charge in [-0.2, -0.15) is 0 Å². The van der Waals surface area contributed by atoms with Crippen LogP contribution in [0.2, 0.25) is 0 Å². The van der Waals surface area contributed by atoms with Crippen LogP contribution in [0.15, 0.2) is 88.7 Å². The fourth-order valence-electron chi connectivity index (χ4n) is 2.38. The molecule has 0 aromatic heterocycles. The van der Waals surface area contributed by atoms with Crippen LogP contribution in [0.5, 0.6) is 11.5 Å². The number of amides is 2. The summed E-state index contributed by atoms with van der Waals surface area (Å²) >= 11 is 1.58. The Bertz CT molecular complexity index is 885. The second kappa shape index (κ2) is 9.00. The van der Waals surface area contributed by atoms with Crippen molar-refractivity contribution in [2.75, 3.05) is 5.32 Å². The van der Waals surface area contributed by atoms with Crippen molar-refractivity contribution in [1.29, 1.82) is 0 Å². The van der Waals surface area contributed by atoms with E-state index in [0.29, 0.717) is 5.75 Å². The van der Waals surface area contributed by atoms with Crippen LogP contribution in [0.1, 0.15) is 6.92 Å². The fourth-order valence-corrected chi connectivity index (χ4v) is 3.30. The van der Waals surface area contributed by atoms with Gasteiger partial charge in [-0.15, -0.1) is 0 Å². The lowest BCUT2D eigenvalue weighted by molar-refractivity contribution is 0.183. The second-order valence-corrected chi connectivity index (χ2v) is 6.88. The third-order valence-electron chi connectivity index (χ3n) is 3.59. The zero-order chi connectivity index (χ0) is 19.1. The average Bonchev–Trinajstić information content (AvgIpc) is 2.66. The monoisotopic (exact) mass is 380 g/mol. The number of benzene rings is 3. The molecule has 5 nitrogen and oxygen atoms in total. The molecule has 0 saturated heterocycles. The predicted molar refractivity (Wildman–Crippen MR) is 107 cm³/mol. The van der Waals surface area contributed by atoms with Crippen molar-refractivity contribution in [1.82, 2.24) is 5.32 Å². The van der Waals surface area contributed by atoms with Crippen LogP contribution in [0, 0.1) is 0 Å². The van der Waals surface area contributed by atoms with Crippen molar-refractivity contribution >= 4 is 23.5 Å². The Morgan fingerprint density at radius 2 is 1.63 bits per heavy atom. The molecule has 0 aliphatic rings. The molecule has 0 fully saturated rings. The first-order valence-corrected chi connectivity index (χ1v) is 9.27. The number of phenols is 1. The minimum Gasteiger partial charge on any atom is -0.508 e. The van der Waals surface area contributed by atoms with E-state index >= 15 is 0 Å². The van der Waals surface area contributed by atoms with E-state index in [9.17, 15) is 9.90 Å². The number of phenolic OH excluding ortho intramolecular Hbond substituents is 1. The van der Waals surface area contributed by atoms with Gasteiger partial charge in [-0.25, -0.2) is 4.79 Å². The van der Waals surface area contributed by atoms with Crippen molar-refractivity contribution < 1.29 is 14.6 Å². The molecule has 3 aromatic rings. The maximum absolute atomic E-state index is 12.3. The lowest BCUT2D eigenvalue weighted by atomic mass is 10.3. The second-order valence-electron chi connectivity index (χ2n) is 5.76. The Morgan fingerprint density at radius 1 is 0.963 bits per heavy atom. The number of hydrogen-bond donors (Lipinski definition) is 3. The van der Waals surface area contributed by atoms with E-state index in [0.717, 1.165) is 15.5 Å². The number of nitrogens with one attached hydrogen (secondary N) is 2. The van der Waals surface area contributed by atoms with Crippen LogP contribution in [0.3, 0.4) is 0 Å². The first-order chi connectivity index (χ1) is 13.1. The molecule has 0 heterocycles. The molecule has 3 aromatic carbocycles. The quantitative estimate of drug-likeness (QED) is 0.521. The summed E-state index contributed by atoms with van der Waals surface area (Å²) < 4.78 is 5.62. The van der Waals surface area contributed by atoms with Gasteiger partial charge in [-0.05, 0) is 55.5 Å². The van der Waals surface area contributed by atoms with Gasteiger partial charge in [0.05, 0.1) is 5.69 Å². The molecule has 3 N–H and O–H groups in total. The Morgan fingerprint density at radius 3 is 2.37 bits per heavy atom. The molecule has 6 heteroatoms. The van der Waals surface area contributed by atoms with E-state index < -0.39 is 6.23 Å². The lowest BCUT2D eigenvalue weighted by Gasteiger charge is -2.17. The van der Waals surface area contributed by atoms with Gasteiger partial charge in [0.2, 0.25) is 0 Å². The fraction of sp³-hybridized carbons (Fsp3) is 0.0952. The summed E-state index contributed by atoms with van der Waals surface area (Å²) in [6.07, 6.45) is -0.538. The minimum atomic E-state index is -0.538. The van der Waals surface area contributed by atoms with Crippen molar-refractivity contribution in [3.8, 4) is 11.5 Å². The van der Waals surface area contributed by atoms with Crippen molar-refractivity contribution in [3.63, 3.8) is 0 Å². The van der Waals surface area contributed by atoms with Crippen LogP contribution in [0.4, 0.5) is 10.5 Å². The third-order valence-corrected chi connectivity index (χ3v) is 4.67. The summed E-state index contributed by atoms with van der Waals surface area (Å²) in [4.78, 5) is 14.4. The van der Waals surface area contributed by atoms with Gasteiger partial charge in [-0.1, -0.05) is 42.1 Å². The van der Waals surface area contributed by atoms with Gasteiger partial charge >= 0.3 is 6.03 Å². The topological polar surface area (TPSA) is 70.6 Å². The highest BCUT2D eigenvalue weighted by Gasteiger charge is 2.11. The number of rotatable bonds is 6. The lowest BCUT2D eigenvalue weighted by Crippen LogP contribution is -2.39. The maximum atomic E-state index is 12.3. The summed E-state index contributed by atoms with van der Waals surface area (Å²) in [6, 6.07) is 23.6. The number of carbonyl (C=O) groups excluding carboxylic acids is 1. The highest BCUT2D eigenvalue weighted by Crippen LogP contribution is 2.33. The molecule has 3 rings (SSSR count). The van der Waals surface area contributed by atoms with Crippen molar-refractivity contribution in [2.45, 2.75) is 22.9 Å². The van der Waals surface area contributed by atoms with Crippen LogP contribution >= 0.6 is 11.8 Å². The number of aromatic hydroxyl groups is 1. The highest BCUT2D eigenvalue weighted by molar-refractivity contribution is 7.99. The molecule has 0 spiro atoms. The summed E-state index contributed by atoms with van der Waals surface area (Å²) in [5, 5.41) is 14.9. The molecule has 0 aliphatic heterocycles. The van der Waals surface area contributed by atoms with Crippen molar-refractivity contribution in [2.24, 2.45) is 0 Å². The standard InChI is InChI=1S/C21H20N2O3S/c1-15(26-17-13-11-16(24)12-14-17)22-21(25)23-19-9-5-6-10-20(19)27-18-7-3-2-4-8-18/h2-15,24H,1H3,(H2,22,23,25). The molecule has 138 valence electrons. The molecular formula is C21H20N2O3S. The van der Waals surface area contributed by atoms with Crippen LogP contribution in [-0.2, 0) is 0 Å². The van der Waals surface area contributed by atoms with Crippen molar-refractivity contribution in [3.05, 3.63) is 78.9 Å². The summed E-state index contributed by atoms with van der Waals surface area (Å²) in [7, 11) is 0. The Labute approximate surface area is 162 Å². The highest BCUT2D eigenvalue weighted by atomic mass is 32.2. The first kappa shape index (κ1) is 18.7. The van der Waals surface area contributed by atoms with E-state index in [1.54, 1.807) is 30.8 Å². The summed E-state index contributed by atoms with van der Waals surface area (Å²) in [5.41, 5.74) is 0.723. The average molecular weight is 380 g/mol. The Kier molecular flexibility index (Phi) is 6.22. The Hall–Kier alpha value is -3.12. The zero-order valence-electron chi connectivity index (χ0n) is 14.8. The molecule has 2 amide bonds. The SMILES string of the molecule is CC(NC(=O)Nc1ccccc1Sc1ccccc1)Oc1ccc(O)cc1. The molecular weight excluding hydrogens is 360 g/mol. The number of hydrogen-bond acceptors (Lipinski definition) is 4. The van der Waals surface area contributed by atoms with Crippen LogP contribution < -0.4 is 15.4 Å². The molecule has 1 atom stereocenters. The normalized spacial score (nSPS) is 11.4. The largest absolute Gasteiger partial charge is 0.508 e. The number of para-hydroxylation sites is 1. The minimum absolute atomic E-state index is 0.160. The van der Waals surface area contributed by atoms with E-state index in [1.165, 1.54) is 12.1 Å². The Balaban J connectivity index is 1.59. The number of ether oxygens (including phenoxy) is 1. The summed E-state index contributed by atoms with van der Waals surface area (Å²) in [5.74, 6) is 0.717. The van der Waals surface area contributed by atoms with Crippen LogP contribution in [-0.4, -0.2) is 17.4 Å². The molecule has 0 bridgehead atoms. The molecule has 0 aliphatic carbocycles. The van der Waals surface area contributed by atoms with E-state index in [-0.39, 0.29) is 11.8 Å². The van der Waals surface area contributed by atoms with Gasteiger partial charge < -0.3 is 20.5 Å².